The summed E-state index contributed by atoms with van der Waals surface area (Å²) >= 11 is 5.89. The number of halogens is 1. The molecule has 0 aliphatic heterocycles. The second-order valence-electron chi connectivity index (χ2n) is 6.14. The van der Waals surface area contributed by atoms with Gasteiger partial charge in [0.1, 0.15) is 18.1 Å². The molecule has 0 atom stereocenters. The van der Waals surface area contributed by atoms with Crippen molar-refractivity contribution in [3.63, 3.8) is 0 Å². The van der Waals surface area contributed by atoms with Crippen molar-refractivity contribution in [1.29, 1.82) is 0 Å². The van der Waals surface area contributed by atoms with Gasteiger partial charge in [-0.2, -0.15) is 5.10 Å². The first kappa shape index (κ1) is 20.4. The number of ether oxygens (including phenoxy) is 2. The molecule has 0 spiro atoms. The van der Waals surface area contributed by atoms with Crippen molar-refractivity contribution in [1.82, 2.24) is 5.43 Å². The Bertz CT molecular complexity index is 970. The van der Waals surface area contributed by atoms with Crippen LogP contribution >= 0.6 is 11.6 Å². The van der Waals surface area contributed by atoms with Crippen LogP contribution in [-0.2, 0) is 6.61 Å². The van der Waals surface area contributed by atoms with Gasteiger partial charge in [0, 0.05) is 10.6 Å². The van der Waals surface area contributed by atoms with E-state index in [0.717, 1.165) is 16.9 Å². The van der Waals surface area contributed by atoms with Crippen molar-refractivity contribution in [3.05, 3.63) is 94.5 Å². The second-order valence-corrected chi connectivity index (χ2v) is 6.58. The summed E-state index contributed by atoms with van der Waals surface area (Å²) in [5, 5.41) is 4.71. The zero-order valence-corrected chi connectivity index (χ0v) is 16.7. The van der Waals surface area contributed by atoms with E-state index >= 15 is 0 Å². The highest BCUT2D eigenvalue weighted by atomic mass is 35.5. The highest BCUT2D eigenvalue weighted by Crippen LogP contribution is 2.16. The fourth-order valence-electron chi connectivity index (χ4n) is 2.53. The molecule has 0 unspecified atom stereocenters. The van der Waals surface area contributed by atoms with Crippen molar-refractivity contribution >= 4 is 23.7 Å². The normalized spacial score (nSPS) is 10.7. The number of carbonyl (C=O) groups excluding carboxylic acids is 1. The molecule has 148 valence electrons. The Hall–Kier alpha value is -3.31. The molecular formula is C23H21ClN2O3. The zero-order valence-electron chi connectivity index (χ0n) is 16.0. The lowest BCUT2D eigenvalue weighted by molar-refractivity contribution is 0.0955. The van der Waals surface area contributed by atoms with E-state index in [2.05, 4.69) is 10.5 Å². The summed E-state index contributed by atoms with van der Waals surface area (Å²) in [5.74, 6) is 1.14. The van der Waals surface area contributed by atoms with E-state index in [1.165, 1.54) is 0 Å². The third-order valence-corrected chi connectivity index (χ3v) is 4.24. The highest BCUT2D eigenvalue weighted by molar-refractivity contribution is 6.30. The van der Waals surface area contributed by atoms with Crippen molar-refractivity contribution < 1.29 is 14.3 Å². The topological polar surface area (TPSA) is 59.9 Å². The van der Waals surface area contributed by atoms with Crippen molar-refractivity contribution in [2.45, 2.75) is 13.5 Å². The maximum absolute atomic E-state index is 12.2. The molecule has 0 aliphatic carbocycles. The number of hydrazone groups is 1. The summed E-state index contributed by atoms with van der Waals surface area (Å²) in [6, 6.07) is 21.9. The maximum Gasteiger partial charge on any atom is 0.271 e. The molecule has 0 saturated carbocycles. The van der Waals surface area contributed by atoms with Gasteiger partial charge < -0.3 is 9.47 Å². The molecule has 3 aromatic rings. The number of rotatable bonds is 8. The Kier molecular flexibility index (Phi) is 7.25. The standard InChI is InChI=1S/C23H21ClN2O3/c1-2-28-21-12-8-19(9-13-21)23(27)26-25-15-18-4-3-5-22(14-18)29-16-17-6-10-20(24)11-7-17/h3-15H,2,16H2,1H3,(H,26,27)/b25-15-. The molecule has 0 aromatic heterocycles. The van der Waals surface area contributed by atoms with E-state index in [0.29, 0.717) is 29.5 Å². The number of hydrogen-bond acceptors (Lipinski definition) is 4. The molecule has 0 saturated heterocycles. The summed E-state index contributed by atoms with van der Waals surface area (Å²) < 4.78 is 11.2. The number of nitrogens with zero attached hydrogens (tertiary/aromatic N) is 1. The minimum Gasteiger partial charge on any atom is -0.494 e. The predicted octanol–water partition coefficient (Wildman–Crippen LogP) is 5.08. The van der Waals surface area contributed by atoms with E-state index in [1.807, 2.05) is 55.5 Å². The molecule has 0 aliphatic rings. The molecule has 3 rings (SSSR count). The van der Waals surface area contributed by atoms with Gasteiger partial charge in [-0.3, -0.25) is 4.79 Å². The molecule has 1 amide bonds. The number of nitrogens with one attached hydrogen (secondary N) is 1. The monoisotopic (exact) mass is 408 g/mol. The van der Waals surface area contributed by atoms with E-state index in [1.54, 1.807) is 30.5 Å². The van der Waals surface area contributed by atoms with E-state index in [4.69, 9.17) is 21.1 Å². The number of benzene rings is 3. The minimum absolute atomic E-state index is 0.292. The molecule has 3 aromatic carbocycles. The van der Waals surface area contributed by atoms with Crippen LogP contribution in [0, 0.1) is 0 Å². The van der Waals surface area contributed by atoms with Crippen LogP contribution in [0.2, 0.25) is 5.02 Å². The van der Waals surface area contributed by atoms with Gasteiger partial charge >= 0.3 is 0 Å². The minimum atomic E-state index is -0.292. The van der Waals surface area contributed by atoms with E-state index in [9.17, 15) is 4.79 Å². The van der Waals surface area contributed by atoms with Crippen LogP contribution in [0.25, 0.3) is 0 Å². The lowest BCUT2D eigenvalue weighted by Gasteiger charge is -2.07. The summed E-state index contributed by atoms with van der Waals surface area (Å²) in [7, 11) is 0. The van der Waals surface area contributed by atoms with Crippen LogP contribution in [0.1, 0.15) is 28.4 Å². The Balaban J connectivity index is 1.54. The average molecular weight is 409 g/mol. The largest absolute Gasteiger partial charge is 0.494 e. The average Bonchev–Trinajstić information content (AvgIpc) is 2.74. The van der Waals surface area contributed by atoms with Crippen LogP contribution in [0.3, 0.4) is 0 Å². The molecule has 5 nitrogen and oxygen atoms in total. The summed E-state index contributed by atoms with van der Waals surface area (Å²) in [5.41, 5.74) is 4.86. The summed E-state index contributed by atoms with van der Waals surface area (Å²) in [4.78, 5) is 12.2. The van der Waals surface area contributed by atoms with E-state index < -0.39 is 0 Å². The molecule has 6 heteroatoms. The molecule has 29 heavy (non-hydrogen) atoms. The van der Waals surface area contributed by atoms with Crippen molar-refractivity contribution in [2.24, 2.45) is 5.10 Å². The summed E-state index contributed by atoms with van der Waals surface area (Å²) in [6.45, 7) is 2.93. The molecular weight excluding hydrogens is 388 g/mol. The zero-order chi connectivity index (χ0) is 20.5. The van der Waals surface area contributed by atoms with Gasteiger partial charge in [-0.25, -0.2) is 5.43 Å². The SMILES string of the molecule is CCOc1ccc(C(=O)N/N=C\c2cccc(OCc3ccc(Cl)cc3)c2)cc1. The first-order chi connectivity index (χ1) is 14.1. The number of amides is 1. The molecule has 0 fully saturated rings. The molecule has 0 heterocycles. The van der Waals surface area contributed by atoms with Crippen molar-refractivity contribution in [2.75, 3.05) is 6.61 Å². The Morgan fingerprint density at radius 1 is 1.00 bits per heavy atom. The Morgan fingerprint density at radius 2 is 1.76 bits per heavy atom. The number of carbonyl (C=O) groups is 1. The van der Waals surface area contributed by atoms with Crippen LogP contribution in [0.15, 0.2) is 77.9 Å². The van der Waals surface area contributed by atoms with Crippen molar-refractivity contribution in [3.8, 4) is 11.5 Å². The van der Waals surface area contributed by atoms with Gasteiger partial charge in [0.2, 0.25) is 0 Å². The Labute approximate surface area is 174 Å². The first-order valence-electron chi connectivity index (χ1n) is 9.17. The quantitative estimate of drug-likeness (QED) is 0.417. The number of hydrogen-bond donors (Lipinski definition) is 1. The smallest absolute Gasteiger partial charge is 0.271 e. The van der Waals surface area contributed by atoms with Gasteiger partial charge in [-0.05, 0) is 66.6 Å². The molecule has 0 radical (unpaired) electrons. The lowest BCUT2D eigenvalue weighted by Crippen LogP contribution is -2.17. The molecule has 1 N–H and O–H groups in total. The predicted molar refractivity (Wildman–Crippen MR) is 115 cm³/mol. The van der Waals surface area contributed by atoms with Crippen LogP contribution in [0.4, 0.5) is 0 Å². The fraction of sp³-hybridized carbons (Fsp3) is 0.130. The third-order valence-electron chi connectivity index (χ3n) is 3.98. The Morgan fingerprint density at radius 3 is 2.48 bits per heavy atom. The lowest BCUT2D eigenvalue weighted by atomic mass is 10.2. The van der Waals surface area contributed by atoms with Crippen LogP contribution in [0.5, 0.6) is 11.5 Å². The summed E-state index contributed by atoms with van der Waals surface area (Å²) in [6.07, 6.45) is 1.57. The highest BCUT2D eigenvalue weighted by Gasteiger charge is 2.04. The van der Waals surface area contributed by atoms with Crippen LogP contribution in [-0.4, -0.2) is 18.7 Å². The van der Waals surface area contributed by atoms with Gasteiger partial charge in [0.25, 0.3) is 5.91 Å². The van der Waals surface area contributed by atoms with Gasteiger partial charge in [0.15, 0.2) is 0 Å². The molecule has 0 bridgehead atoms. The van der Waals surface area contributed by atoms with Gasteiger partial charge in [0.05, 0.1) is 12.8 Å². The maximum atomic E-state index is 12.2. The second kappa shape index (κ2) is 10.3. The first-order valence-corrected chi connectivity index (χ1v) is 9.55. The van der Waals surface area contributed by atoms with Crippen LogP contribution < -0.4 is 14.9 Å². The third kappa shape index (κ3) is 6.36. The fourth-order valence-corrected chi connectivity index (χ4v) is 2.66. The van der Waals surface area contributed by atoms with Gasteiger partial charge in [-0.1, -0.05) is 35.9 Å². The van der Waals surface area contributed by atoms with E-state index in [-0.39, 0.29) is 5.91 Å². The van der Waals surface area contributed by atoms with Gasteiger partial charge in [-0.15, -0.1) is 0 Å².